The molecule has 0 spiro atoms. The summed E-state index contributed by atoms with van der Waals surface area (Å²) in [6.07, 6.45) is 3.19. The molecule has 6 nitrogen and oxygen atoms in total. The second-order valence-corrected chi connectivity index (χ2v) is 5.62. The molecule has 0 unspecified atom stereocenters. The van der Waals surface area contributed by atoms with Crippen molar-refractivity contribution in [3.63, 3.8) is 0 Å². The number of hydrogen-bond donors (Lipinski definition) is 0. The summed E-state index contributed by atoms with van der Waals surface area (Å²) in [5, 5.41) is 4.21. The molecule has 7 heteroatoms. The Bertz CT molecular complexity index is 795. The van der Waals surface area contributed by atoms with Crippen molar-refractivity contribution < 1.29 is 9.53 Å². The van der Waals surface area contributed by atoms with E-state index in [1.165, 1.54) is 17.5 Å². The van der Waals surface area contributed by atoms with Gasteiger partial charge in [-0.05, 0) is 26.0 Å². The van der Waals surface area contributed by atoms with E-state index in [1.807, 2.05) is 32.0 Å². The van der Waals surface area contributed by atoms with Gasteiger partial charge in [-0.25, -0.2) is 19.4 Å². The molecule has 0 radical (unpaired) electrons. The number of aryl methyl sites for hydroxylation is 1. The molecule has 3 heterocycles. The zero-order chi connectivity index (χ0) is 15.5. The zero-order valence-electron chi connectivity index (χ0n) is 12.2. The van der Waals surface area contributed by atoms with Crippen LogP contribution in [0, 0.1) is 13.8 Å². The first-order valence-corrected chi connectivity index (χ1v) is 7.57. The maximum atomic E-state index is 12.2. The van der Waals surface area contributed by atoms with Crippen LogP contribution < -0.4 is 0 Å². The Balaban J connectivity index is 1.77. The molecule has 22 heavy (non-hydrogen) atoms. The van der Waals surface area contributed by atoms with Gasteiger partial charge in [-0.1, -0.05) is 6.07 Å². The molecule has 0 saturated heterocycles. The highest BCUT2D eigenvalue weighted by atomic mass is 32.1. The van der Waals surface area contributed by atoms with E-state index in [2.05, 4.69) is 15.1 Å². The molecule has 3 aromatic rings. The lowest BCUT2D eigenvalue weighted by Crippen LogP contribution is -2.08. The minimum Gasteiger partial charge on any atom is -0.456 e. The Kier molecular flexibility index (Phi) is 3.97. The number of ether oxygens (including phenoxy) is 1. The average molecular weight is 314 g/mol. The molecular formula is C15H14N4O2S. The van der Waals surface area contributed by atoms with Gasteiger partial charge in [0.05, 0.1) is 28.0 Å². The topological polar surface area (TPSA) is 69.9 Å². The average Bonchev–Trinajstić information content (AvgIpc) is 3.12. The molecule has 3 aromatic heterocycles. The molecule has 0 aromatic carbocycles. The van der Waals surface area contributed by atoms with Gasteiger partial charge in [0.15, 0.2) is 5.82 Å². The Labute approximate surface area is 131 Å². The number of carbonyl (C=O) groups excluding carboxylic acids is 1. The summed E-state index contributed by atoms with van der Waals surface area (Å²) in [5.41, 5.74) is 3.76. The highest BCUT2D eigenvalue weighted by molar-refractivity contribution is 7.09. The number of rotatable bonds is 4. The van der Waals surface area contributed by atoms with Gasteiger partial charge in [0.2, 0.25) is 0 Å². The molecule has 0 amide bonds. The van der Waals surface area contributed by atoms with Crippen LogP contribution in [0.5, 0.6) is 0 Å². The van der Waals surface area contributed by atoms with Gasteiger partial charge in [-0.3, -0.25) is 0 Å². The van der Waals surface area contributed by atoms with E-state index >= 15 is 0 Å². The quantitative estimate of drug-likeness (QED) is 0.692. The maximum absolute atomic E-state index is 12.2. The van der Waals surface area contributed by atoms with Crippen molar-refractivity contribution in [1.82, 2.24) is 19.7 Å². The minimum absolute atomic E-state index is 0.226. The van der Waals surface area contributed by atoms with Crippen LogP contribution in [0.1, 0.15) is 26.6 Å². The largest absolute Gasteiger partial charge is 0.456 e. The van der Waals surface area contributed by atoms with Crippen LogP contribution in [-0.2, 0) is 11.3 Å². The van der Waals surface area contributed by atoms with Gasteiger partial charge in [-0.2, -0.15) is 5.10 Å². The predicted molar refractivity (Wildman–Crippen MR) is 82.1 cm³/mol. The van der Waals surface area contributed by atoms with Crippen molar-refractivity contribution >= 4 is 17.3 Å². The fraction of sp³-hybridized carbons (Fsp3) is 0.200. The molecular weight excluding hydrogens is 300 g/mol. The van der Waals surface area contributed by atoms with Gasteiger partial charge >= 0.3 is 5.97 Å². The number of nitrogens with zero attached hydrogens (tertiary/aromatic N) is 4. The maximum Gasteiger partial charge on any atom is 0.342 e. The smallest absolute Gasteiger partial charge is 0.342 e. The van der Waals surface area contributed by atoms with E-state index in [0.717, 1.165) is 10.6 Å². The fourth-order valence-corrected chi connectivity index (χ4v) is 2.68. The van der Waals surface area contributed by atoms with Crippen molar-refractivity contribution in [2.24, 2.45) is 0 Å². The Morgan fingerprint density at radius 3 is 2.86 bits per heavy atom. The standard InChI is InChI=1S/C15H14N4O2S/c1-10-13(22-9-17-10)8-21-15(20)12-7-18-19(11(12)2)14-5-3-4-6-16-14/h3-7,9H,8H2,1-2H3. The summed E-state index contributed by atoms with van der Waals surface area (Å²) >= 11 is 1.47. The first kappa shape index (κ1) is 14.4. The van der Waals surface area contributed by atoms with Crippen LogP contribution in [0.25, 0.3) is 5.82 Å². The van der Waals surface area contributed by atoms with Gasteiger partial charge in [-0.15, -0.1) is 11.3 Å². The molecule has 0 fully saturated rings. The molecule has 112 valence electrons. The minimum atomic E-state index is -0.396. The fourth-order valence-electron chi connectivity index (χ4n) is 1.99. The Morgan fingerprint density at radius 1 is 1.32 bits per heavy atom. The summed E-state index contributed by atoms with van der Waals surface area (Å²) in [7, 11) is 0. The number of carbonyl (C=O) groups is 1. The second-order valence-electron chi connectivity index (χ2n) is 4.68. The van der Waals surface area contributed by atoms with Gasteiger partial charge in [0.25, 0.3) is 0 Å². The second kappa shape index (κ2) is 6.07. The van der Waals surface area contributed by atoms with Crippen molar-refractivity contribution in [3.05, 3.63) is 57.9 Å². The van der Waals surface area contributed by atoms with Gasteiger partial charge in [0.1, 0.15) is 12.2 Å². The number of thiazole rings is 1. The predicted octanol–water partition coefficient (Wildman–Crippen LogP) is 2.70. The zero-order valence-corrected chi connectivity index (χ0v) is 13.0. The van der Waals surface area contributed by atoms with Crippen LogP contribution in [0.15, 0.2) is 36.1 Å². The number of pyridine rings is 1. The van der Waals surface area contributed by atoms with Crippen molar-refractivity contribution in [2.75, 3.05) is 0 Å². The molecule has 0 N–H and O–H groups in total. The van der Waals surface area contributed by atoms with E-state index in [0.29, 0.717) is 17.1 Å². The number of hydrogen-bond acceptors (Lipinski definition) is 6. The van der Waals surface area contributed by atoms with Crippen molar-refractivity contribution in [1.29, 1.82) is 0 Å². The van der Waals surface area contributed by atoms with Gasteiger partial charge < -0.3 is 4.74 Å². The molecule has 0 atom stereocenters. The highest BCUT2D eigenvalue weighted by Gasteiger charge is 2.17. The lowest BCUT2D eigenvalue weighted by atomic mass is 10.2. The third-order valence-corrected chi connectivity index (χ3v) is 4.18. The molecule has 0 bridgehead atoms. The Hall–Kier alpha value is -2.54. The van der Waals surface area contributed by atoms with E-state index in [-0.39, 0.29) is 6.61 Å². The van der Waals surface area contributed by atoms with Crippen LogP contribution >= 0.6 is 11.3 Å². The van der Waals surface area contributed by atoms with Gasteiger partial charge in [0, 0.05) is 6.20 Å². The van der Waals surface area contributed by atoms with Crippen LogP contribution in [0.4, 0.5) is 0 Å². The summed E-state index contributed by atoms with van der Waals surface area (Å²) < 4.78 is 6.96. The van der Waals surface area contributed by atoms with E-state index in [9.17, 15) is 4.79 Å². The first-order chi connectivity index (χ1) is 10.7. The Morgan fingerprint density at radius 2 is 2.18 bits per heavy atom. The van der Waals surface area contributed by atoms with E-state index in [4.69, 9.17) is 4.74 Å². The van der Waals surface area contributed by atoms with Crippen molar-refractivity contribution in [2.45, 2.75) is 20.5 Å². The molecule has 0 aliphatic carbocycles. The van der Waals surface area contributed by atoms with E-state index in [1.54, 1.807) is 16.4 Å². The SMILES string of the molecule is Cc1ncsc1COC(=O)c1cnn(-c2ccccn2)c1C. The molecule has 3 rings (SSSR count). The third kappa shape index (κ3) is 2.75. The van der Waals surface area contributed by atoms with E-state index < -0.39 is 5.97 Å². The van der Waals surface area contributed by atoms with Crippen LogP contribution in [0.2, 0.25) is 0 Å². The highest BCUT2D eigenvalue weighted by Crippen LogP contribution is 2.17. The summed E-state index contributed by atoms with van der Waals surface area (Å²) in [6, 6.07) is 5.53. The van der Waals surface area contributed by atoms with Crippen molar-refractivity contribution in [3.8, 4) is 5.82 Å². The lowest BCUT2D eigenvalue weighted by molar-refractivity contribution is 0.0475. The normalized spacial score (nSPS) is 10.6. The summed E-state index contributed by atoms with van der Waals surface area (Å²) in [6.45, 7) is 3.93. The molecule has 0 aliphatic heterocycles. The molecule has 0 aliphatic rings. The number of esters is 1. The molecule has 0 saturated carbocycles. The number of aromatic nitrogens is 4. The lowest BCUT2D eigenvalue weighted by Gasteiger charge is -2.05. The monoisotopic (exact) mass is 314 g/mol. The van der Waals surface area contributed by atoms with Crippen LogP contribution in [0.3, 0.4) is 0 Å². The summed E-state index contributed by atoms with van der Waals surface area (Å²) in [5.74, 6) is 0.268. The first-order valence-electron chi connectivity index (χ1n) is 6.69. The third-order valence-electron chi connectivity index (χ3n) is 3.28. The summed E-state index contributed by atoms with van der Waals surface area (Å²) in [4.78, 5) is 21.5. The van der Waals surface area contributed by atoms with Crippen LogP contribution in [-0.4, -0.2) is 25.7 Å².